The van der Waals surface area contributed by atoms with Crippen molar-refractivity contribution in [3.05, 3.63) is 53.6 Å². The number of benzene rings is 2. The molecular weight excluding hydrogens is 390 g/mol. The number of amides is 1. The second-order valence-corrected chi connectivity index (χ2v) is 9.40. The molecule has 1 amide bonds. The standard InChI is InChI=1S/C21H27N3O4S/c1-16-8-9-19(29(26,27)22(2)3)15-20(16)21(25)24-12-10-23(11-13-24)17-6-5-7-18(14-17)28-4/h5-9,14-15H,10-13H2,1-4H3. The number of nitrogens with zero attached hydrogens (tertiary/aromatic N) is 3. The van der Waals surface area contributed by atoms with Crippen LogP contribution >= 0.6 is 0 Å². The summed E-state index contributed by atoms with van der Waals surface area (Å²) in [7, 11) is 1.01. The smallest absolute Gasteiger partial charge is 0.254 e. The number of ether oxygens (including phenoxy) is 1. The van der Waals surface area contributed by atoms with Crippen molar-refractivity contribution in [2.24, 2.45) is 0 Å². The lowest BCUT2D eigenvalue weighted by atomic mass is 10.1. The summed E-state index contributed by atoms with van der Waals surface area (Å²) >= 11 is 0. The van der Waals surface area contributed by atoms with Crippen molar-refractivity contribution in [2.75, 3.05) is 52.3 Å². The first-order valence-electron chi connectivity index (χ1n) is 9.45. The van der Waals surface area contributed by atoms with Crippen molar-refractivity contribution in [1.29, 1.82) is 0 Å². The van der Waals surface area contributed by atoms with E-state index in [1.807, 2.05) is 31.2 Å². The zero-order valence-corrected chi connectivity index (χ0v) is 18.1. The summed E-state index contributed by atoms with van der Waals surface area (Å²) in [5, 5.41) is 0. The minimum atomic E-state index is -3.59. The molecule has 0 saturated carbocycles. The van der Waals surface area contributed by atoms with Crippen molar-refractivity contribution in [1.82, 2.24) is 9.21 Å². The molecule has 29 heavy (non-hydrogen) atoms. The molecule has 0 N–H and O–H groups in total. The Morgan fingerprint density at radius 3 is 2.34 bits per heavy atom. The van der Waals surface area contributed by atoms with Gasteiger partial charge in [-0.3, -0.25) is 4.79 Å². The van der Waals surface area contributed by atoms with E-state index in [0.717, 1.165) is 21.3 Å². The van der Waals surface area contributed by atoms with E-state index in [9.17, 15) is 13.2 Å². The van der Waals surface area contributed by atoms with E-state index >= 15 is 0 Å². The minimum Gasteiger partial charge on any atom is -0.497 e. The third-order valence-corrected chi connectivity index (χ3v) is 7.01. The molecule has 0 aromatic heterocycles. The van der Waals surface area contributed by atoms with Gasteiger partial charge in [0.1, 0.15) is 5.75 Å². The summed E-state index contributed by atoms with van der Waals surface area (Å²) in [5.41, 5.74) is 2.26. The van der Waals surface area contributed by atoms with Gasteiger partial charge in [-0.2, -0.15) is 0 Å². The summed E-state index contributed by atoms with van der Waals surface area (Å²) in [5.74, 6) is 0.666. The molecule has 1 heterocycles. The molecule has 1 saturated heterocycles. The molecule has 156 valence electrons. The van der Waals surface area contributed by atoms with Gasteiger partial charge in [0.25, 0.3) is 5.91 Å². The van der Waals surface area contributed by atoms with Gasteiger partial charge in [-0.15, -0.1) is 0 Å². The van der Waals surface area contributed by atoms with Gasteiger partial charge in [0.05, 0.1) is 12.0 Å². The molecule has 1 aliphatic heterocycles. The first-order valence-corrected chi connectivity index (χ1v) is 10.9. The monoisotopic (exact) mass is 417 g/mol. The second kappa shape index (κ2) is 8.42. The molecule has 0 spiro atoms. The quantitative estimate of drug-likeness (QED) is 0.746. The second-order valence-electron chi connectivity index (χ2n) is 7.24. The van der Waals surface area contributed by atoms with E-state index in [1.54, 1.807) is 24.1 Å². The molecule has 8 heteroatoms. The molecule has 0 bridgehead atoms. The molecule has 3 rings (SSSR count). The van der Waals surface area contributed by atoms with E-state index < -0.39 is 10.0 Å². The zero-order chi connectivity index (χ0) is 21.2. The molecule has 1 fully saturated rings. The number of carbonyl (C=O) groups is 1. The Morgan fingerprint density at radius 2 is 1.72 bits per heavy atom. The largest absolute Gasteiger partial charge is 0.497 e. The fraction of sp³-hybridized carbons (Fsp3) is 0.381. The van der Waals surface area contributed by atoms with Gasteiger partial charge >= 0.3 is 0 Å². The summed E-state index contributed by atoms with van der Waals surface area (Å²) in [6, 6.07) is 12.6. The number of anilines is 1. The van der Waals surface area contributed by atoms with Crippen LogP contribution in [0.5, 0.6) is 5.75 Å². The third-order valence-electron chi connectivity index (χ3n) is 5.20. The van der Waals surface area contributed by atoms with Gasteiger partial charge in [-0.1, -0.05) is 12.1 Å². The van der Waals surface area contributed by atoms with Crippen LogP contribution in [0.1, 0.15) is 15.9 Å². The van der Waals surface area contributed by atoms with Crippen LogP contribution in [0.25, 0.3) is 0 Å². The Morgan fingerprint density at radius 1 is 1.03 bits per heavy atom. The summed E-state index contributed by atoms with van der Waals surface area (Å²) in [4.78, 5) is 17.2. The SMILES string of the molecule is COc1cccc(N2CCN(C(=O)c3cc(S(=O)(=O)N(C)C)ccc3C)CC2)c1. The van der Waals surface area contributed by atoms with Crippen molar-refractivity contribution in [2.45, 2.75) is 11.8 Å². The Balaban J connectivity index is 1.75. The van der Waals surface area contributed by atoms with Crippen molar-refractivity contribution < 1.29 is 17.9 Å². The van der Waals surface area contributed by atoms with Crippen LogP contribution in [0, 0.1) is 6.92 Å². The number of rotatable bonds is 5. The van der Waals surface area contributed by atoms with Crippen LogP contribution in [-0.4, -0.2) is 70.9 Å². The molecule has 0 radical (unpaired) electrons. The van der Waals surface area contributed by atoms with Crippen LogP contribution in [0.15, 0.2) is 47.4 Å². The van der Waals surface area contributed by atoms with Crippen molar-refractivity contribution in [3.8, 4) is 5.75 Å². The average molecular weight is 418 g/mol. The molecule has 2 aromatic rings. The highest BCUT2D eigenvalue weighted by Crippen LogP contribution is 2.24. The lowest BCUT2D eigenvalue weighted by Gasteiger charge is -2.36. The topological polar surface area (TPSA) is 70.2 Å². The average Bonchev–Trinajstić information content (AvgIpc) is 2.73. The van der Waals surface area contributed by atoms with Crippen molar-refractivity contribution in [3.63, 3.8) is 0 Å². The molecule has 0 unspecified atom stereocenters. The van der Waals surface area contributed by atoms with Gasteiger partial charge < -0.3 is 14.5 Å². The van der Waals surface area contributed by atoms with Crippen molar-refractivity contribution >= 4 is 21.6 Å². The minimum absolute atomic E-state index is 0.131. The predicted molar refractivity (Wildman–Crippen MR) is 113 cm³/mol. The highest BCUT2D eigenvalue weighted by molar-refractivity contribution is 7.89. The van der Waals surface area contributed by atoms with Gasteiger partial charge in [0.2, 0.25) is 10.0 Å². The fourth-order valence-electron chi connectivity index (χ4n) is 3.35. The fourth-order valence-corrected chi connectivity index (χ4v) is 4.28. The normalized spacial score (nSPS) is 14.9. The number of sulfonamides is 1. The van der Waals surface area contributed by atoms with Gasteiger partial charge in [-0.05, 0) is 36.8 Å². The summed E-state index contributed by atoms with van der Waals surface area (Å²) in [6.45, 7) is 4.37. The zero-order valence-electron chi connectivity index (χ0n) is 17.3. The maximum absolute atomic E-state index is 13.1. The number of aryl methyl sites for hydroxylation is 1. The lowest BCUT2D eigenvalue weighted by molar-refractivity contribution is 0.0745. The van der Waals surface area contributed by atoms with E-state index in [0.29, 0.717) is 31.7 Å². The molecular formula is C21H27N3O4S. The number of carbonyl (C=O) groups excluding carboxylic acids is 1. The molecule has 2 aromatic carbocycles. The first-order chi connectivity index (χ1) is 13.7. The van der Waals surface area contributed by atoms with E-state index in [1.165, 1.54) is 20.2 Å². The Bertz CT molecular complexity index is 997. The van der Waals surface area contributed by atoms with E-state index in [-0.39, 0.29) is 10.8 Å². The maximum Gasteiger partial charge on any atom is 0.254 e. The number of hydrogen-bond acceptors (Lipinski definition) is 5. The van der Waals surface area contributed by atoms with Gasteiger partial charge in [0.15, 0.2) is 0 Å². The number of hydrogen-bond donors (Lipinski definition) is 0. The summed E-state index contributed by atoms with van der Waals surface area (Å²) < 4.78 is 31.3. The van der Waals surface area contributed by atoms with E-state index in [2.05, 4.69) is 4.90 Å². The Hall–Kier alpha value is -2.58. The van der Waals surface area contributed by atoms with E-state index in [4.69, 9.17) is 4.74 Å². The highest BCUT2D eigenvalue weighted by Gasteiger charge is 2.26. The number of piperazine rings is 1. The summed E-state index contributed by atoms with van der Waals surface area (Å²) in [6.07, 6.45) is 0. The molecule has 0 atom stereocenters. The molecule has 1 aliphatic rings. The number of methoxy groups -OCH3 is 1. The van der Waals surface area contributed by atoms with Crippen LogP contribution in [0.4, 0.5) is 5.69 Å². The third kappa shape index (κ3) is 4.38. The van der Waals surface area contributed by atoms with Crippen LogP contribution in [0.3, 0.4) is 0 Å². The maximum atomic E-state index is 13.1. The lowest BCUT2D eigenvalue weighted by Crippen LogP contribution is -2.49. The Kier molecular flexibility index (Phi) is 6.14. The first kappa shape index (κ1) is 21.1. The molecule has 0 aliphatic carbocycles. The van der Waals surface area contributed by atoms with Crippen LogP contribution < -0.4 is 9.64 Å². The highest BCUT2D eigenvalue weighted by atomic mass is 32.2. The van der Waals surface area contributed by atoms with Gasteiger partial charge in [0, 0.05) is 57.6 Å². The molecule has 7 nitrogen and oxygen atoms in total. The Labute approximate surface area is 172 Å². The van der Waals surface area contributed by atoms with Crippen LogP contribution in [-0.2, 0) is 10.0 Å². The van der Waals surface area contributed by atoms with Gasteiger partial charge in [-0.25, -0.2) is 12.7 Å². The van der Waals surface area contributed by atoms with Crippen LogP contribution in [0.2, 0.25) is 0 Å². The predicted octanol–water partition coefficient (Wildman–Crippen LogP) is 2.22.